The first-order valence-corrected chi connectivity index (χ1v) is 4.73. The number of amides is 1. The summed E-state index contributed by atoms with van der Waals surface area (Å²) in [6, 6.07) is 1.55. The van der Waals surface area contributed by atoms with E-state index in [0.717, 1.165) is 12.1 Å². The van der Waals surface area contributed by atoms with Crippen LogP contribution in [0.25, 0.3) is 0 Å². The molecule has 0 heterocycles. The molecular formula is C10H8F5NO2. The highest BCUT2D eigenvalue weighted by Crippen LogP contribution is 2.21. The Kier molecular flexibility index (Phi) is 4.10. The standard InChI is InChI=1S/C10H8F5NO2/c11-6-3-5(4-7(12)8(6)17)1-2-16-9(18)10(13,14)15/h3-4,17H,1-2H2,(H,16,18). The number of alkyl halides is 3. The van der Waals surface area contributed by atoms with Crippen LogP contribution < -0.4 is 5.32 Å². The van der Waals surface area contributed by atoms with Crippen LogP contribution in [0, 0.1) is 11.6 Å². The third-order valence-electron chi connectivity index (χ3n) is 2.03. The number of nitrogens with one attached hydrogen (secondary N) is 1. The summed E-state index contributed by atoms with van der Waals surface area (Å²) in [5.41, 5.74) is 0.0188. The molecule has 0 aliphatic rings. The topological polar surface area (TPSA) is 49.3 Å². The van der Waals surface area contributed by atoms with E-state index in [9.17, 15) is 26.7 Å². The molecular weight excluding hydrogens is 261 g/mol. The molecule has 0 aliphatic carbocycles. The number of aromatic hydroxyl groups is 1. The fourth-order valence-electron chi connectivity index (χ4n) is 1.18. The molecule has 100 valence electrons. The molecule has 0 fully saturated rings. The lowest BCUT2D eigenvalue weighted by molar-refractivity contribution is -0.173. The largest absolute Gasteiger partial charge is 0.503 e. The van der Waals surface area contributed by atoms with Crippen molar-refractivity contribution in [2.75, 3.05) is 6.54 Å². The molecule has 0 radical (unpaired) electrons. The summed E-state index contributed by atoms with van der Waals surface area (Å²) >= 11 is 0. The van der Waals surface area contributed by atoms with E-state index in [1.54, 1.807) is 5.32 Å². The van der Waals surface area contributed by atoms with E-state index < -0.39 is 36.0 Å². The molecule has 1 amide bonds. The predicted molar refractivity (Wildman–Crippen MR) is 50.8 cm³/mol. The molecule has 0 saturated carbocycles. The predicted octanol–water partition coefficient (Wildman–Crippen LogP) is 1.89. The van der Waals surface area contributed by atoms with Gasteiger partial charge in [-0.1, -0.05) is 0 Å². The maximum atomic E-state index is 12.9. The Labute approximate surface area is 98.2 Å². The average Bonchev–Trinajstić information content (AvgIpc) is 2.24. The van der Waals surface area contributed by atoms with Gasteiger partial charge in [-0.3, -0.25) is 4.79 Å². The SMILES string of the molecule is O=C(NCCc1cc(F)c(O)c(F)c1)C(F)(F)F. The van der Waals surface area contributed by atoms with Crippen molar-refractivity contribution >= 4 is 5.91 Å². The third kappa shape index (κ3) is 3.57. The molecule has 0 atom stereocenters. The highest BCUT2D eigenvalue weighted by molar-refractivity contribution is 5.81. The van der Waals surface area contributed by atoms with Gasteiger partial charge in [-0.15, -0.1) is 0 Å². The minimum absolute atomic E-state index is 0.0188. The van der Waals surface area contributed by atoms with Crippen molar-refractivity contribution in [3.63, 3.8) is 0 Å². The molecule has 1 rings (SSSR count). The minimum atomic E-state index is -4.99. The summed E-state index contributed by atoms with van der Waals surface area (Å²) in [4.78, 5) is 10.4. The Morgan fingerprint density at radius 2 is 1.72 bits per heavy atom. The van der Waals surface area contributed by atoms with Crippen molar-refractivity contribution in [2.45, 2.75) is 12.6 Å². The van der Waals surface area contributed by atoms with E-state index in [1.807, 2.05) is 0 Å². The van der Waals surface area contributed by atoms with Crippen molar-refractivity contribution in [1.29, 1.82) is 0 Å². The Bertz CT molecular complexity index is 435. The highest BCUT2D eigenvalue weighted by Gasteiger charge is 2.38. The van der Waals surface area contributed by atoms with Crippen molar-refractivity contribution in [3.8, 4) is 5.75 Å². The van der Waals surface area contributed by atoms with Gasteiger partial charge in [0, 0.05) is 6.54 Å². The Morgan fingerprint density at radius 1 is 1.22 bits per heavy atom. The zero-order valence-corrected chi connectivity index (χ0v) is 8.81. The number of rotatable bonds is 3. The molecule has 0 bridgehead atoms. The molecule has 0 aliphatic heterocycles. The summed E-state index contributed by atoms with van der Waals surface area (Å²) in [6.45, 7) is -0.429. The smallest absolute Gasteiger partial charge is 0.471 e. The number of carbonyl (C=O) groups excluding carboxylic acids is 1. The van der Waals surface area contributed by atoms with E-state index in [-0.39, 0.29) is 12.0 Å². The van der Waals surface area contributed by atoms with Gasteiger partial charge < -0.3 is 10.4 Å². The van der Waals surface area contributed by atoms with Crippen LogP contribution in [-0.4, -0.2) is 23.7 Å². The van der Waals surface area contributed by atoms with E-state index in [4.69, 9.17) is 5.11 Å². The second-order valence-electron chi connectivity index (χ2n) is 3.41. The molecule has 0 spiro atoms. The molecule has 0 unspecified atom stereocenters. The first-order valence-electron chi connectivity index (χ1n) is 4.73. The van der Waals surface area contributed by atoms with Crippen molar-refractivity contribution in [3.05, 3.63) is 29.3 Å². The summed E-state index contributed by atoms with van der Waals surface area (Å²) in [6.07, 6.45) is -5.19. The minimum Gasteiger partial charge on any atom is -0.503 e. The maximum absolute atomic E-state index is 12.9. The molecule has 3 nitrogen and oxygen atoms in total. The fraction of sp³-hybridized carbons (Fsp3) is 0.300. The van der Waals surface area contributed by atoms with Crippen LogP contribution in [0.4, 0.5) is 22.0 Å². The van der Waals surface area contributed by atoms with Crippen LogP contribution in [0.2, 0.25) is 0 Å². The summed E-state index contributed by atoms with van der Waals surface area (Å²) in [7, 11) is 0. The molecule has 1 aromatic rings. The van der Waals surface area contributed by atoms with Gasteiger partial charge in [-0.2, -0.15) is 13.2 Å². The van der Waals surface area contributed by atoms with Crippen LogP contribution >= 0.6 is 0 Å². The van der Waals surface area contributed by atoms with Crippen LogP contribution in [0.1, 0.15) is 5.56 Å². The number of phenolic OH excluding ortho intramolecular Hbond substituents is 1. The summed E-state index contributed by atoms with van der Waals surface area (Å²) in [5, 5.41) is 10.3. The Morgan fingerprint density at radius 3 is 2.17 bits per heavy atom. The quantitative estimate of drug-likeness (QED) is 0.823. The summed E-state index contributed by atoms with van der Waals surface area (Å²) in [5.74, 6) is -5.71. The van der Waals surface area contributed by atoms with Gasteiger partial charge in [0.25, 0.3) is 0 Å². The number of phenols is 1. The van der Waals surface area contributed by atoms with Gasteiger partial charge in [0.05, 0.1) is 0 Å². The van der Waals surface area contributed by atoms with E-state index in [2.05, 4.69) is 0 Å². The Hall–Kier alpha value is -1.86. The van der Waals surface area contributed by atoms with E-state index in [0.29, 0.717) is 0 Å². The lowest BCUT2D eigenvalue weighted by Gasteiger charge is -2.08. The highest BCUT2D eigenvalue weighted by atomic mass is 19.4. The van der Waals surface area contributed by atoms with Crippen LogP contribution in [0.5, 0.6) is 5.75 Å². The van der Waals surface area contributed by atoms with E-state index >= 15 is 0 Å². The number of hydrogen-bond donors (Lipinski definition) is 2. The third-order valence-corrected chi connectivity index (χ3v) is 2.03. The average molecular weight is 269 g/mol. The van der Waals surface area contributed by atoms with Gasteiger partial charge in [-0.25, -0.2) is 8.78 Å². The van der Waals surface area contributed by atoms with Gasteiger partial charge in [-0.05, 0) is 24.1 Å². The monoisotopic (exact) mass is 269 g/mol. The zero-order chi connectivity index (χ0) is 13.9. The van der Waals surface area contributed by atoms with Gasteiger partial charge in [0.2, 0.25) is 0 Å². The van der Waals surface area contributed by atoms with Crippen molar-refractivity contribution in [1.82, 2.24) is 5.32 Å². The molecule has 1 aromatic carbocycles. The van der Waals surface area contributed by atoms with Crippen LogP contribution in [0.3, 0.4) is 0 Å². The molecule has 18 heavy (non-hydrogen) atoms. The summed E-state index contributed by atoms with van der Waals surface area (Å²) < 4.78 is 61.1. The first kappa shape index (κ1) is 14.2. The van der Waals surface area contributed by atoms with Gasteiger partial charge in [0.1, 0.15) is 0 Å². The van der Waals surface area contributed by atoms with Crippen molar-refractivity contribution < 1.29 is 31.9 Å². The number of benzene rings is 1. The van der Waals surface area contributed by atoms with Crippen LogP contribution in [-0.2, 0) is 11.2 Å². The van der Waals surface area contributed by atoms with Crippen molar-refractivity contribution in [2.24, 2.45) is 0 Å². The number of carbonyl (C=O) groups is 1. The normalized spacial score (nSPS) is 11.4. The molecule has 0 aromatic heterocycles. The first-order chi connectivity index (χ1) is 8.21. The lowest BCUT2D eigenvalue weighted by Crippen LogP contribution is -2.37. The lowest BCUT2D eigenvalue weighted by atomic mass is 10.1. The number of halogens is 5. The van der Waals surface area contributed by atoms with Gasteiger partial charge >= 0.3 is 12.1 Å². The number of hydrogen-bond acceptors (Lipinski definition) is 2. The zero-order valence-electron chi connectivity index (χ0n) is 8.81. The van der Waals surface area contributed by atoms with Gasteiger partial charge in [0.15, 0.2) is 17.4 Å². The second-order valence-corrected chi connectivity index (χ2v) is 3.41. The second kappa shape index (κ2) is 5.19. The Balaban J connectivity index is 2.58. The molecule has 0 saturated heterocycles. The van der Waals surface area contributed by atoms with Crippen LogP contribution in [0.15, 0.2) is 12.1 Å². The van der Waals surface area contributed by atoms with E-state index in [1.165, 1.54) is 0 Å². The maximum Gasteiger partial charge on any atom is 0.471 e. The fourth-order valence-corrected chi connectivity index (χ4v) is 1.18. The molecule has 2 N–H and O–H groups in total. The molecule has 8 heteroatoms.